The SMILES string of the molecule is CC(C)C(C(=O)O)S(=O)(=O)CC1CCCC1. The second-order valence-corrected chi connectivity index (χ2v) is 7.15. The van der Waals surface area contributed by atoms with Crippen LogP contribution in [0.1, 0.15) is 39.5 Å². The van der Waals surface area contributed by atoms with Gasteiger partial charge in [-0.2, -0.15) is 0 Å². The van der Waals surface area contributed by atoms with Crippen LogP contribution < -0.4 is 0 Å². The highest BCUT2D eigenvalue weighted by Crippen LogP contribution is 2.28. The summed E-state index contributed by atoms with van der Waals surface area (Å²) in [7, 11) is -3.50. The van der Waals surface area contributed by atoms with Crippen molar-refractivity contribution in [3.8, 4) is 0 Å². The van der Waals surface area contributed by atoms with Gasteiger partial charge in [0.1, 0.15) is 0 Å². The Morgan fingerprint density at radius 2 is 1.81 bits per heavy atom. The fourth-order valence-electron chi connectivity index (χ4n) is 2.46. The van der Waals surface area contributed by atoms with E-state index in [0.717, 1.165) is 25.7 Å². The van der Waals surface area contributed by atoms with Crippen molar-refractivity contribution in [2.75, 3.05) is 5.75 Å². The van der Waals surface area contributed by atoms with Crippen molar-refractivity contribution >= 4 is 15.8 Å². The number of aliphatic carboxylic acids is 1. The summed E-state index contributed by atoms with van der Waals surface area (Å²) in [6, 6.07) is 0. The van der Waals surface area contributed by atoms with E-state index in [9.17, 15) is 13.2 Å². The van der Waals surface area contributed by atoms with E-state index in [4.69, 9.17) is 5.11 Å². The number of hydrogen-bond acceptors (Lipinski definition) is 3. The van der Waals surface area contributed by atoms with Crippen molar-refractivity contribution < 1.29 is 18.3 Å². The number of rotatable bonds is 5. The minimum atomic E-state index is -3.50. The normalized spacial score (nSPS) is 20.2. The van der Waals surface area contributed by atoms with Crippen LogP contribution >= 0.6 is 0 Å². The molecule has 0 radical (unpaired) electrons. The van der Waals surface area contributed by atoms with Crippen LogP contribution in [-0.2, 0) is 14.6 Å². The molecule has 94 valence electrons. The lowest BCUT2D eigenvalue weighted by atomic mass is 10.1. The van der Waals surface area contributed by atoms with E-state index >= 15 is 0 Å². The van der Waals surface area contributed by atoms with Crippen LogP contribution in [0.3, 0.4) is 0 Å². The molecule has 1 atom stereocenters. The second-order valence-electron chi connectivity index (χ2n) is 4.98. The van der Waals surface area contributed by atoms with Gasteiger partial charge in [-0.05, 0) is 24.7 Å². The first kappa shape index (κ1) is 13.5. The van der Waals surface area contributed by atoms with Crippen molar-refractivity contribution in [2.24, 2.45) is 11.8 Å². The topological polar surface area (TPSA) is 71.4 Å². The smallest absolute Gasteiger partial charge is 0.322 e. The van der Waals surface area contributed by atoms with E-state index in [-0.39, 0.29) is 17.6 Å². The zero-order valence-electron chi connectivity index (χ0n) is 9.85. The molecule has 1 N–H and O–H groups in total. The van der Waals surface area contributed by atoms with Crippen molar-refractivity contribution in [3.05, 3.63) is 0 Å². The highest BCUT2D eigenvalue weighted by molar-refractivity contribution is 7.92. The molecular formula is C11H20O4S. The Bertz CT molecular complexity index is 339. The average Bonchev–Trinajstić information content (AvgIpc) is 2.52. The molecule has 0 heterocycles. The van der Waals surface area contributed by atoms with Gasteiger partial charge < -0.3 is 5.11 Å². The van der Waals surface area contributed by atoms with E-state index in [1.54, 1.807) is 13.8 Å². The van der Waals surface area contributed by atoms with Crippen LogP contribution in [0.5, 0.6) is 0 Å². The molecule has 1 aliphatic rings. The van der Waals surface area contributed by atoms with Crippen molar-refractivity contribution in [1.29, 1.82) is 0 Å². The van der Waals surface area contributed by atoms with Crippen molar-refractivity contribution in [2.45, 2.75) is 44.8 Å². The first-order valence-electron chi connectivity index (χ1n) is 5.79. The number of hydrogen-bond donors (Lipinski definition) is 1. The van der Waals surface area contributed by atoms with Crippen LogP contribution in [0.25, 0.3) is 0 Å². The van der Waals surface area contributed by atoms with Gasteiger partial charge in [0.05, 0.1) is 5.75 Å². The van der Waals surface area contributed by atoms with Gasteiger partial charge in [-0.25, -0.2) is 8.42 Å². The van der Waals surface area contributed by atoms with Crippen molar-refractivity contribution in [1.82, 2.24) is 0 Å². The van der Waals surface area contributed by atoms with Gasteiger partial charge in [-0.1, -0.05) is 26.7 Å². The summed E-state index contributed by atoms with van der Waals surface area (Å²) in [6.07, 6.45) is 3.98. The Balaban J connectivity index is 2.77. The first-order valence-corrected chi connectivity index (χ1v) is 7.50. The fraction of sp³-hybridized carbons (Fsp3) is 0.909. The summed E-state index contributed by atoms with van der Waals surface area (Å²) in [6.45, 7) is 3.29. The maximum Gasteiger partial charge on any atom is 0.322 e. The molecule has 0 saturated heterocycles. The lowest BCUT2D eigenvalue weighted by Crippen LogP contribution is -2.37. The molecule has 1 unspecified atom stereocenters. The number of carboxylic acids is 1. The summed E-state index contributed by atoms with van der Waals surface area (Å²) < 4.78 is 24.0. The van der Waals surface area contributed by atoms with Gasteiger partial charge in [0.15, 0.2) is 15.1 Å². The molecule has 4 nitrogen and oxygen atoms in total. The van der Waals surface area contributed by atoms with E-state index < -0.39 is 21.1 Å². The van der Waals surface area contributed by atoms with Gasteiger partial charge in [-0.3, -0.25) is 4.79 Å². The largest absolute Gasteiger partial charge is 0.480 e. The zero-order chi connectivity index (χ0) is 12.3. The van der Waals surface area contributed by atoms with Crippen LogP contribution in [-0.4, -0.2) is 30.5 Å². The molecule has 1 aliphatic carbocycles. The third-order valence-electron chi connectivity index (χ3n) is 3.18. The molecule has 5 heteroatoms. The second kappa shape index (κ2) is 5.17. The molecule has 1 rings (SSSR count). The standard InChI is InChI=1S/C11H20O4S/c1-8(2)10(11(12)13)16(14,15)7-9-5-3-4-6-9/h8-10H,3-7H2,1-2H3,(H,12,13). The third kappa shape index (κ3) is 3.20. The summed E-state index contributed by atoms with van der Waals surface area (Å²) >= 11 is 0. The van der Waals surface area contributed by atoms with Crippen LogP contribution in [0.4, 0.5) is 0 Å². The van der Waals surface area contributed by atoms with E-state index in [1.807, 2.05) is 0 Å². The van der Waals surface area contributed by atoms with E-state index in [1.165, 1.54) is 0 Å². The predicted octanol–water partition coefficient (Wildman–Crippen LogP) is 1.70. The quantitative estimate of drug-likeness (QED) is 0.803. The highest BCUT2D eigenvalue weighted by Gasteiger charge is 2.37. The molecule has 0 amide bonds. The maximum atomic E-state index is 12.0. The van der Waals surface area contributed by atoms with Gasteiger partial charge in [0, 0.05) is 0 Å². The number of carboxylic acid groups (broad SMARTS) is 1. The molecular weight excluding hydrogens is 228 g/mol. The fourth-order valence-corrected chi connectivity index (χ4v) is 4.80. The maximum absolute atomic E-state index is 12.0. The highest BCUT2D eigenvalue weighted by atomic mass is 32.2. The lowest BCUT2D eigenvalue weighted by Gasteiger charge is -2.19. The minimum absolute atomic E-state index is 0.0438. The van der Waals surface area contributed by atoms with Gasteiger partial charge in [-0.15, -0.1) is 0 Å². The minimum Gasteiger partial charge on any atom is -0.480 e. The number of sulfone groups is 1. The summed E-state index contributed by atoms with van der Waals surface area (Å²) in [5.41, 5.74) is 0. The average molecular weight is 248 g/mol. The lowest BCUT2D eigenvalue weighted by molar-refractivity contribution is -0.137. The molecule has 1 saturated carbocycles. The van der Waals surface area contributed by atoms with E-state index in [0.29, 0.717) is 0 Å². The Morgan fingerprint density at radius 3 is 2.19 bits per heavy atom. The molecule has 0 aromatic carbocycles. The Morgan fingerprint density at radius 1 is 1.31 bits per heavy atom. The Kier molecular flexibility index (Phi) is 4.35. The summed E-state index contributed by atoms with van der Waals surface area (Å²) in [5.74, 6) is -1.37. The van der Waals surface area contributed by atoms with Crippen LogP contribution in [0, 0.1) is 11.8 Å². The molecule has 0 aromatic heterocycles. The molecule has 0 aromatic rings. The third-order valence-corrected chi connectivity index (χ3v) is 5.63. The monoisotopic (exact) mass is 248 g/mol. The van der Waals surface area contributed by atoms with E-state index in [2.05, 4.69) is 0 Å². The van der Waals surface area contributed by atoms with Crippen LogP contribution in [0.15, 0.2) is 0 Å². The molecule has 16 heavy (non-hydrogen) atoms. The predicted molar refractivity (Wildman–Crippen MR) is 62.0 cm³/mol. The Labute approximate surface area is 97.0 Å². The molecule has 1 fully saturated rings. The zero-order valence-corrected chi connectivity index (χ0v) is 10.7. The van der Waals surface area contributed by atoms with Crippen LogP contribution in [0.2, 0.25) is 0 Å². The molecule has 0 aliphatic heterocycles. The van der Waals surface area contributed by atoms with Gasteiger partial charge >= 0.3 is 5.97 Å². The molecule has 0 bridgehead atoms. The van der Waals surface area contributed by atoms with Gasteiger partial charge in [0.25, 0.3) is 0 Å². The van der Waals surface area contributed by atoms with Crippen molar-refractivity contribution in [3.63, 3.8) is 0 Å². The Hall–Kier alpha value is -0.580. The number of carbonyl (C=O) groups is 1. The molecule has 0 spiro atoms. The first-order chi connectivity index (χ1) is 7.34. The summed E-state index contributed by atoms with van der Waals surface area (Å²) in [4.78, 5) is 11.0. The summed E-state index contributed by atoms with van der Waals surface area (Å²) in [5, 5.41) is 7.73. The van der Waals surface area contributed by atoms with Gasteiger partial charge in [0.2, 0.25) is 0 Å².